The lowest BCUT2D eigenvalue weighted by Gasteiger charge is -2.12. The van der Waals surface area contributed by atoms with Gasteiger partial charge >= 0.3 is 0 Å². The largest absolute Gasteiger partial charge is 0.383 e. The summed E-state index contributed by atoms with van der Waals surface area (Å²) in [5.74, 6) is 1.14. The van der Waals surface area contributed by atoms with Gasteiger partial charge in [-0.15, -0.1) is 0 Å². The highest BCUT2D eigenvalue weighted by atomic mass is 35.5. The number of hydrogen-bond donors (Lipinski definition) is 3. The molecule has 0 saturated carbocycles. The van der Waals surface area contributed by atoms with Crippen molar-refractivity contribution in [1.82, 2.24) is 19.9 Å². The van der Waals surface area contributed by atoms with Crippen LogP contribution >= 0.6 is 23.2 Å². The highest BCUT2D eigenvalue weighted by molar-refractivity contribution is 6.36. The van der Waals surface area contributed by atoms with Crippen molar-refractivity contribution < 1.29 is 0 Å². The van der Waals surface area contributed by atoms with Crippen molar-refractivity contribution in [2.24, 2.45) is 0 Å². The number of nitriles is 1. The Labute approximate surface area is 195 Å². The molecule has 2 aromatic heterocycles. The number of nitrogens with zero attached hydrogens (tertiary/aromatic N) is 4. The van der Waals surface area contributed by atoms with E-state index in [2.05, 4.69) is 31.7 Å². The van der Waals surface area contributed by atoms with Gasteiger partial charge in [0, 0.05) is 41.8 Å². The van der Waals surface area contributed by atoms with Crippen LogP contribution in [0.4, 0.5) is 11.6 Å². The zero-order chi connectivity index (χ0) is 22.5. The zero-order valence-electron chi connectivity index (χ0n) is 17.2. The number of aryl methyl sites for hydroxylation is 1. The Morgan fingerprint density at radius 3 is 2.47 bits per heavy atom. The first-order valence-electron chi connectivity index (χ1n) is 9.86. The van der Waals surface area contributed by atoms with Crippen molar-refractivity contribution in [3.05, 3.63) is 76.2 Å². The van der Waals surface area contributed by atoms with Crippen LogP contribution in [0.25, 0.3) is 22.6 Å². The second kappa shape index (κ2) is 9.69. The second-order valence-corrected chi connectivity index (χ2v) is 7.86. The van der Waals surface area contributed by atoms with Gasteiger partial charge in [0.1, 0.15) is 5.82 Å². The highest BCUT2D eigenvalue weighted by Crippen LogP contribution is 2.35. The Morgan fingerprint density at radius 1 is 1.00 bits per heavy atom. The average Bonchev–Trinajstić information content (AvgIpc) is 3.23. The van der Waals surface area contributed by atoms with Crippen molar-refractivity contribution in [3.8, 4) is 28.7 Å². The molecule has 2 heterocycles. The lowest BCUT2D eigenvalue weighted by Crippen LogP contribution is -2.15. The molecule has 4 aromatic rings. The number of benzene rings is 2. The van der Waals surface area contributed by atoms with Crippen LogP contribution < -0.4 is 10.6 Å². The number of imidazole rings is 1. The molecule has 2 aromatic carbocycles. The number of halogens is 2. The van der Waals surface area contributed by atoms with Gasteiger partial charge in [0.15, 0.2) is 0 Å². The van der Waals surface area contributed by atoms with E-state index < -0.39 is 0 Å². The third-order valence-corrected chi connectivity index (χ3v) is 5.24. The molecule has 0 radical (unpaired) electrons. The zero-order valence-corrected chi connectivity index (χ0v) is 18.7. The Bertz CT molecular complexity index is 1280. The van der Waals surface area contributed by atoms with Gasteiger partial charge in [-0.25, -0.2) is 15.0 Å². The summed E-state index contributed by atoms with van der Waals surface area (Å²) in [5.41, 5.74) is 4.55. The molecule has 0 aliphatic carbocycles. The Hall–Kier alpha value is -3.60. The quantitative estimate of drug-likeness (QED) is 0.310. The predicted octanol–water partition coefficient (Wildman–Crippen LogP) is 5.54. The Balaban J connectivity index is 1.53. The molecule has 0 aliphatic rings. The molecule has 0 atom stereocenters. The van der Waals surface area contributed by atoms with Crippen LogP contribution in [-0.2, 0) is 0 Å². The number of H-pyrrole nitrogens is 1. The topological polar surface area (TPSA) is 102 Å². The van der Waals surface area contributed by atoms with Crippen LogP contribution in [0.5, 0.6) is 0 Å². The average molecular weight is 464 g/mol. The van der Waals surface area contributed by atoms with E-state index in [0.717, 1.165) is 22.5 Å². The maximum absolute atomic E-state index is 8.88. The predicted molar refractivity (Wildman–Crippen MR) is 128 cm³/mol. The fourth-order valence-electron chi connectivity index (χ4n) is 3.12. The normalized spacial score (nSPS) is 10.6. The van der Waals surface area contributed by atoms with Gasteiger partial charge in [-0.05, 0) is 49.4 Å². The minimum absolute atomic E-state index is 0.472. The van der Waals surface area contributed by atoms with Crippen LogP contribution in [0.2, 0.25) is 10.0 Å². The lowest BCUT2D eigenvalue weighted by molar-refractivity contribution is 1.03. The number of anilines is 2. The van der Waals surface area contributed by atoms with E-state index in [0.29, 0.717) is 46.2 Å². The van der Waals surface area contributed by atoms with E-state index in [1.54, 1.807) is 30.5 Å². The summed E-state index contributed by atoms with van der Waals surface area (Å²) in [5, 5.41) is 16.4. The van der Waals surface area contributed by atoms with Gasteiger partial charge in [0.05, 0.1) is 33.6 Å². The van der Waals surface area contributed by atoms with Gasteiger partial charge in [0.2, 0.25) is 5.95 Å². The number of rotatable bonds is 7. The van der Waals surface area contributed by atoms with Crippen LogP contribution in [0.15, 0.2) is 54.9 Å². The fourth-order valence-corrected chi connectivity index (χ4v) is 3.62. The van der Waals surface area contributed by atoms with E-state index in [9.17, 15) is 0 Å². The SMILES string of the molecule is Cc1c[nH]c(-c2cnc(NCCNc3ccc(C#N)cc3)nc2-c2ccc(Cl)cc2Cl)n1. The summed E-state index contributed by atoms with van der Waals surface area (Å²) in [4.78, 5) is 16.8. The fraction of sp³-hybridized carbons (Fsp3) is 0.130. The minimum atomic E-state index is 0.472. The second-order valence-electron chi connectivity index (χ2n) is 7.01. The molecule has 160 valence electrons. The van der Waals surface area contributed by atoms with Crippen molar-refractivity contribution in [2.75, 3.05) is 23.7 Å². The van der Waals surface area contributed by atoms with Gasteiger partial charge < -0.3 is 15.6 Å². The van der Waals surface area contributed by atoms with Gasteiger partial charge in [-0.1, -0.05) is 23.2 Å². The van der Waals surface area contributed by atoms with E-state index >= 15 is 0 Å². The summed E-state index contributed by atoms with van der Waals surface area (Å²) in [7, 11) is 0. The minimum Gasteiger partial charge on any atom is -0.383 e. The first kappa shape index (κ1) is 21.6. The maximum Gasteiger partial charge on any atom is 0.223 e. The van der Waals surface area contributed by atoms with E-state index in [1.807, 2.05) is 31.3 Å². The summed E-state index contributed by atoms with van der Waals surface area (Å²) >= 11 is 12.5. The van der Waals surface area contributed by atoms with Crippen LogP contribution in [0, 0.1) is 18.3 Å². The standard InChI is InChI=1S/C23H19Cl2N7/c1-14-12-29-22(31-14)19-13-30-23(32-21(19)18-7-4-16(24)10-20(18)25)28-9-8-27-17-5-2-15(11-26)3-6-17/h2-7,10,12-13,27H,8-9H2,1H3,(H,29,31)(H,28,30,32). The smallest absolute Gasteiger partial charge is 0.223 e. The molecule has 7 nitrogen and oxygen atoms in total. The monoisotopic (exact) mass is 463 g/mol. The highest BCUT2D eigenvalue weighted by Gasteiger charge is 2.16. The molecule has 32 heavy (non-hydrogen) atoms. The molecule has 0 amide bonds. The van der Waals surface area contributed by atoms with Crippen molar-refractivity contribution >= 4 is 34.8 Å². The van der Waals surface area contributed by atoms with Crippen molar-refractivity contribution in [1.29, 1.82) is 5.26 Å². The van der Waals surface area contributed by atoms with Crippen molar-refractivity contribution in [2.45, 2.75) is 6.92 Å². The summed E-state index contributed by atoms with van der Waals surface area (Å²) in [6.45, 7) is 3.14. The molecule has 0 aliphatic heterocycles. The van der Waals surface area contributed by atoms with E-state index in [-0.39, 0.29) is 0 Å². The lowest BCUT2D eigenvalue weighted by atomic mass is 10.1. The molecule has 0 unspecified atom stereocenters. The molecular weight excluding hydrogens is 445 g/mol. The molecular formula is C23H19Cl2N7. The summed E-state index contributed by atoms with van der Waals surface area (Å²) in [6.07, 6.45) is 3.55. The number of aromatic nitrogens is 4. The maximum atomic E-state index is 8.88. The van der Waals surface area contributed by atoms with E-state index in [1.165, 1.54) is 0 Å². The Kier molecular flexibility index (Phi) is 6.55. The summed E-state index contributed by atoms with van der Waals surface area (Å²) < 4.78 is 0. The van der Waals surface area contributed by atoms with Gasteiger partial charge in [-0.2, -0.15) is 5.26 Å². The number of nitrogens with one attached hydrogen (secondary N) is 3. The first-order valence-corrected chi connectivity index (χ1v) is 10.6. The van der Waals surface area contributed by atoms with Gasteiger partial charge in [-0.3, -0.25) is 0 Å². The number of hydrogen-bond acceptors (Lipinski definition) is 6. The van der Waals surface area contributed by atoms with Crippen LogP contribution in [0.1, 0.15) is 11.3 Å². The third-order valence-electron chi connectivity index (χ3n) is 4.69. The third kappa shape index (κ3) is 4.99. The molecule has 0 spiro atoms. The van der Waals surface area contributed by atoms with Crippen molar-refractivity contribution in [3.63, 3.8) is 0 Å². The molecule has 9 heteroatoms. The van der Waals surface area contributed by atoms with Crippen LogP contribution in [-0.4, -0.2) is 33.0 Å². The first-order chi connectivity index (χ1) is 15.5. The van der Waals surface area contributed by atoms with Gasteiger partial charge in [0.25, 0.3) is 0 Å². The van der Waals surface area contributed by atoms with E-state index in [4.69, 9.17) is 33.4 Å². The van der Waals surface area contributed by atoms with Crippen LogP contribution in [0.3, 0.4) is 0 Å². The molecule has 4 rings (SSSR count). The Morgan fingerprint density at radius 2 is 1.78 bits per heavy atom. The molecule has 0 fully saturated rings. The number of aromatic amines is 1. The molecule has 0 bridgehead atoms. The molecule has 0 saturated heterocycles. The summed E-state index contributed by atoms with van der Waals surface area (Å²) in [6, 6.07) is 14.7. The molecule has 3 N–H and O–H groups in total.